The van der Waals surface area contributed by atoms with Crippen LogP contribution in [0.3, 0.4) is 0 Å². The van der Waals surface area contributed by atoms with Crippen LogP contribution in [0, 0.1) is 35.0 Å². The Kier molecular flexibility index (Phi) is 6.55. The van der Waals surface area contributed by atoms with Crippen molar-refractivity contribution in [2.24, 2.45) is 0 Å². The lowest BCUT2D eigenvalue weighted by Crippen LogP contribution is -2.14. The summed E-state index contributed by atoms with van der Waals surface area (Å²) in [5.41, 5.74) is 3.52. The Morgan fingerprint density at radius 3 is 2.59 bits per heavy atom. The van der Waals surface area contributed by atoms with E-state index in [1.165, 1.54) is 12.3 Å². The molecule has 0 aliphatic carbocycles. The average molecular weight is 462 g/mol. The van der Waals surface area contributed by atoms with Crippen LogP contribution in [0.4, 0.5) is 5.13 Å². The number of nitrogens with one attached hydrogen (secondary N) is 1. The molecular weight excluding hydrogens is 448 g/mol. The summed E-state index contributed by atoms with van der Waals surface area (Å²) in [6.45, 7) is 0.237. The van der Waals surface area contributed by atoms with Gasteiger partial charge in [-0.05, 0) is 46.7 Å². The second-order valence-corrected chi connectivity index (χ2v) is 7.78. The summed E-state index contributed by atoms with van der Waals surface area (Å²) < 4.78 is 5.63. The number of nitriles is 2. The van der Waals surface area contributed by atoms with Crippen LogP contribution < -0.4 is 10.1 Å². The third kappa shape index (κ3) is 4.89. The van der Waals surface area contributed by atoms with Gasteiger partial charge in [0.2, 0.25) is 5.13 Å². The Morgan fingerprint density at radius 2 is 1.85 bits per heavy atom. The van der Waals surface area contributed by atoms with Gasteiger partial charge in [0.05, 0.1) is 17.2 Å². The van der Waals surface area contributed by atoms with Crippen molar-refractivity contribution in [3.8, 4) is 40.8 Å². The SMILES string of the molecule is C#Cc1ccccc1-c1cc(C#N)ncc1C(=O)Nc1nnc(OCc2ccc(C#N)cc2)s1. The minimum atomic E-state index is -0.478. The Hall–Kier alpha value is -5.04. The maximum atomic E-state index is 13.0. The Labute approximate surface area is 199 Å². The molecule has 9 heteroatoms. The van der Waals surface area contributed by atoms with E-state index in [0.29, 0.717) is 22.3 Å². The van der Waals surface area contributed by atoms with Gasteiger partial charge in [-0.1, -0.05) is 41.4 Å². The number of anilines is 1. The molecule has 0 spiro atoms. The second kappa shape index (κ2) is 10.1. The highest BCUT2D eigenvalue weighted by atomic mass is 32.1. The van der Waals surface area contributed by atoms with Crippen molar-refractivity contribution < 1.29 is 9.53 Å². The van der Waals surface area contributed by atoms with Gasteiger partial charge in [0.1, 0.15) is 18.4 Å². The van der Waals surface area contributed by atoms with Crippen LogP contribution in [-0.2, 0) is 6.61 Å². The highest BCUT2D eigenvalue weighted by Gasteiger charge is 2.18. The number of aromatic nitrogens is 3. The summed E-state index contributed by atoms with van der Waals surface area (Å²) in [4.78, 5) is 17.1. The number of amides is 1. The molecule has 0 bridgehead atoms. The van der Waals surface area contributed by atoms with Crippen molar-refractivity contribution in [2.45, 2.75) is 6.61 Å². The zero-order valence-corrected chi connectivity index (χ0v) is 18.3. The number of rotatable bonds is 6. The highest BCUT2D eigenvalue weighted by molar-refractivity contribution is 7.17. The Morgan fingerprint density at radius 1 is 1.06 bits per heavy atom. The molecule has 0 fully saturated rings. The number of carbonyl (C=O) groups excluding carboxylic acids is 1. The zero-order valence-electron chi connectivity index (χ0n) is 17.5. The van der Waals surface area contributed by atoms with Gasteiger partial charge in [-0.2, -0.15) is 10.5 Å². The number of hydrogen-bond acceptors (Lipinski definition) is 8. The zero-order chi connectivity index (χ0) is 23.9. The van der Waals surface area contributed by atoms with E-state index in [1.807, 2.05) is 6.07 Å². The summed E-state index contributed by atoms with van der Waals surface area (Å²) in [6, 6.07) is 19.7. The van der Waals surface area contributed by atoms with E-state index in [4.69, 9.17) is 16.4 Å². The monoisotopic (exact) mass is 462 g/mol. The van der Waals surface area contributed by atoms with Gasteiger partial charge in [-0.25, -0.2) is 4.98 Å². The van der Waals surface area contributed by atoms with Gasteiger partial charge in [0.15, 0.2) is 0 Å². The largest absolute Gasteiger partial charge is 0.464 e. The molecule has 0 unspecified atom stereocenters. The molecule has 0 aliphatic rings. The standard InChI is InChI=1S/C25H14N6O2S/c1-2-18-5-3-4-6-20(18)21-11-19(13-27)28-14-22(21)23(32)29-24-30-31-25(34-24)33-15-17-9-7-16(12-26)8-10-17/h1,3-11,14H,15H2,(H,29,30,32). The molecule has 2 aromatic heterocycles. The van der Waals surface area contributed by atoms with Crippen LogP contribution in [0.1, 0.15) is 32.7 Å². The smallest absolute Gasteiger partial charge is 0.296 e. The van der Waals surface area contributed by atoms with Gasteiger partial charge < -0.3 is 4.74 Å². The molecule has 0 saturated heterocycles. The third-order valence-corrected chi connectivity index (χ3v) is 5.46. The number of nitrogens with zero attached hydrogens (tertiary/aromatic N) is 5. The second-order valence-electron chi connectivity index (χ2n) is 6.84. The fraction of sp³-hybridized carbons (Fsp3) is 0.0400. The minimum Gasteiger partial charge on any atom is -0.464 e. The van der Waals surface area contributed by atoms with Gasteiger partial charge >= 0.3 is 0 Å². The molecule has 8 nitrogen and oxygen atoms in total. The van der Waals surface area contributed by atoms with E-state index in [-0.39, 0.29) is 28.2 Å². The molecule has 2 aromatic carbocycles. The summed E-state index contributed by atoms with van der Waals surface area (Å²) in [5.74, 6) is 2.12. The predicted octanol–water partition coefficient (Wildman–Crippen LogP) is 4.16. The van der Waals surface area contributed by atoms with Gasteiger partial charge in [0, 0.05) is 17.3 Å². The van der Waals surface area contributed by atoms with Gasteiger partial charge in [0.25, 0.3) is 11.1 Å². The van der Waals surface area contributed by atoms with Crippen LogP contribution in [0.5, 0.6) is 5.19 Å². The van der Waals surface area contributed by atoms with Crippen LogP contribution in [-0.4, -0.2) is 21.1 Å². The van der Waals surface area contributed by atoms with Gasteiger partial charge in [-0.3, -0.25) is 10.1 Å². The van der Waals surface area contributed by atoms with Gasteiger partial charge in [-0.15, -0.1) is 11.5 Å². The van der Waals surface area contributed by atoms with Crippen molar-refractivity contribution in [1.29, 1.82) is 10.5 Å². The van der Waals surface area contributed by atoms with Crippen molar-refractivity contribution in [1.82, 2.24) is 15.2 Å². The fourth-order valence-electron chi connectivity index (χ4n) is 3.07. The first-order valence-corrected chi connectivity index (χ1v) is 10.7. The summed E-state index contributed by atoms with van der Waals surface area (Å²) in [6.07, 6.45) is 6.95. The number of pyridine rings is 1. The number of ether oxygens (including phenoxy) is 1. The molecule has 4 rings (SSSR count). The molecular formula is C25H14N6O2S. The number of hydrogen-bond donors (Lipinski definition) is 1. The molecule has 4 aromatic rings. The van der Waals surface area contributed by atoms with Crippen LogP contribution in [0.25, 0.3) is 11.1 Å². The highest BCUT2D eigenvalue weighted by Crippen LogP contribution is 2.29. The number of benzene rings is 2. The quantitative estimate of drug-likeness (QED) is 0.427. The topological polar surface area (TPSA) is 125 Å². The lowest BCUT2D eigenvalue weighted by Gasteiger charge is -2.11. The molecule has 162 valence electrons. The number of carbonyl (C=O) groups is 1. The first kappa shape index (κ1) is 22.2. The van der Waals surface area contributed by atoms with E-state index in [1.54, 1.807) is 48.5 Å². The first-order valence-electron chi connectivity index (χ1n) is 9.84. The maximum absolute atomic E-state index is 13.0. The molecule has 1 N–H and O–H groups in total. The Bertz CT molecular complexity index is 1490. The number of terminal acetylenes is 1. The predicted molar refractivity (Wildman–Crippen MR) is 126 cm³/mol. The van der Waals surface area contributed by atoms with Crippen molar-refractivity contribution >= 4 is 22.4 Å². The van der Waals surface area contributed by atoms with Crippen LogP contribution in [0.15, 0.2) is 60.8 Å². The fourth-order valence-corrected chi connectivity index (χ4v) is 3.66. The van der Waals surface area contributed by atoms with E-state index in [0.717, 1.165) is 16.9 Å². The van der Waals surface area contributed by atoms with Crippen molar-refractivity contribution in [2.75, 3.05) is 5.32 Å². The summed E-state index contributed by atoms with van der Waals surface area (Å²) in [5, 5.41) is 29.2. The van der Waals surface area contributed by atoms with Crippen LogP contribution >= 0.6 is 11.3 Å². The summed E-state index contributed by atoms with van der Waals surface area (Å²) in [7, 11) is 0. The van der Waals surface area contributed by atoms with E-state index < -0.39 is 5.91 Å². The van der Waals surface area contributed by atoms with E-state index >= 15 is 0 Å². The third-order valence-electron chi connectivity index (χ3n) is 4.71. The first-order chi connectivity index (χ1) is 16.6. The summed E-state index contributed by atoms with van der Waals surface area (Å²) >= 11 is 1.07. The Balaban J connectivity index is 1.52. The molecule has 1 amide bonds. The average Bonchev–Trinajstić information content (AvgIpc) is 3.34. The van der Waals surface area contributed by atoms with E-state index in [2.05, 4.69) is 32.5 Å². The molecule has 2 heterocycles. The molecule has 0 aliphatic heterocycles. The molecule has 0 atom stereocenters. The van der Waals surface area contributed by atoms with E-state index in [9.17, 15) is 10.1 Å². The maximum Gasteiger partial charge on any atom is 0.296 e. The van der Waals surface area contributed by atoms with Crippen molar-refractivity contribution in [3.05, 3.63) is 88.7 Å². The molecule has 34 heavy (non-hydrogen) atoms. The molecule has 0 saturated carbocycles. The lowest BCUT2D eigenvalue weighted by molar-refractivity contribution is 0.102. The minimum absolute atomic E-state index is 0.160. The molecule has 0 radical (unpaired) electrons. The lowest BCUT2D eigenvalue weighted by atomic mass is 9.96. The normalized spacial score (nSPS) is 9.91. The van der Waals surface area contributed by atoms with Crippen molar-refractivity contribution in [3.63, 3.8) is 0 Å². The van der Waals surface area contributed by atoms with Crippen LogP contribution in [0.2, 0.25) is 0 Å².